The van der Waals surface area contributed by atoms with Crippen molar-refractivity contribution in [2.45, 2.75) is 55.6 Å². The van der Waals surface area contributed by atoms with E-state index in [1.165, 1.54) is 35.7 Å². The average molecular weight is 588 g/mol. The van der Waals surface area contributed by atoms with E-state index in [4.69, 9.17) is 11.5 Å². The second kappa shape index (κ2) is 14.4. The lowest BCUT2D eigenvalue weighted by Crippen LogP contribution is -2.61. The summed E-state index contributed by atoms with van der Waals surface area (Å²) in [5.74, 6) is -0.599. The van der Waals surface area contributed by atoms with Gasteiger partial charge >= 0.3 is 0 Å². The molecule has 12 heteroatoms. The minimum Gasteiger partial charge on any atom is -0.508 e. The van der Waals surface area contributed by atoms with Crippen LogP contribution >= 0.6 is 23.5 Å². The number of phenols is 1. The van der Waals surface area contributed by atoms with Gasteiger partial charge in [-0.05, 0) is 43.5 Å². The summed E-state index contributed by atoms with van der Waals surface area (Å²) in [6.45, 7) is 3.70. The molecule has 1 saturated heterocycles. The summed E-state index contributed by atoms with van der Waals surface area (Å²) in [7, 11) is 0. The predicted octanol–water partition coefficient (Wildman–Crippen LogP) is 0.703. The van der Waals surface area contributed by atoms with Crippen molar-refractivity contribution < 1.29 is 24.3 Å². The van der Waals surface area contributed by atoms with Crippen molar-refractivity contribution in [2.75, 3.05) is 17.3 Å². The molecule has 8 N–H and O–H groups in total. The van der Waals surface area contributed by atoms with E-state index in [2.05, 4.69) is 16.0 Å². The first-order valence-corrected chi connectivity index (χ1v) is 15.1. The number of nitrogens with two attached hydrogens (primary N) is 2. The molecule has 2 aromatic carbocycles. The van der Waals surface area contributed by atoms with Gasteiger partial charge < -0.3 is 32.5 Å². The molecule has 4 amide bonds. The molecule has 0 bridgehead atoms. The first kappa shape index (κ1) is 31.3. The van der Waals surface area contributed by atoms with E-state index in [-0.39, 0.29) is 24.3 Å². The maximum atomic E-state index is 13.5. The lowest BCUT2D eigenvalue weighted by molar-refractivity contribution is -0.133. The molecule has 10 nitrogen and oxygen atoms in total. The molecular formula is C28H37N5O5S2. The molecule has 0 aromatic heterocycles. The van der Waals surface area contributed by atoms with Gasteiger partial charge in [0.25, 0.3) is 0 Å². The van der Waals surface area contributed by atoms with E-state index < -0.39 is 52.5 Å². The third kappa shape index (κ3) is 9.17. The molecule has 40 heavy (non-hydrogen) atoms. The number of amides is 4. The zero-order chi connectivity index (χ0) is 29.3. The third-order valence-corrected chi connectivity index (χ3v) is 9.24. The highest BCUT2D eigenvalue weighted by Crippen LogP contribution is 2.29. The van der Waals surface area contributed by atoms with Crippen LogP contribution in [0.2, 0.25) is 0 Å². The largest absolute Gasteiger partial charge is 0.508 e. The maximum absolute atomic E-state index is 13.5. The normalized spacial score (nSPS) is 22.8. The second-order valence-electron chi connectivity index (χ2n) is 10.2. The Morgan fingerprint density at radius 2 is 1.70 bits per heavy atom. The lowest BCUT2D eigenvalue weighted by Gasteiger charge is -2.33. The van der Waals surface area contributed by atoms with E-state index in [0.29, 0.717) is 11.5 Å². The van der Waals surface area contributed by atoms with Gasteiger partial charge in [0.2, 0.25) is 23.6 Å². The summed E-state index contributed by atoms with van der Waals surface area (Å²) in [5.41, 5.74) is 13.4. The van der Waals surface area contributed by atoms with E-state index >= 15 is 0 Å². The molecule has 1 aliphatic heterocycles. The molecule has 216 valence electrons. The van der Waals surface area contributed by atoms with Crippen LogP contribution < -0.4 is 27.4 Å². The predicted molar refractivity (Wildman–Crippen MR) is 159 cm³/mol. The molecule has 0 unspecified atom stereocenters. The Labute approximate surface area is 242 Å². The maximum Gasteiger partial charge on any atom is 0.244 e. The van der Waals surface area contributed by atoms with Crippen LogP contribution in [0.15, 0.2) is 54.6 Å². The second-order valence-corrected chi connectivity index (χ2v) is 13.1. The molecule has 0 radical (unpaired) electrons. The Hall–Kier alpha value is -3.22. The number of carbonyl (C=O) groups excluding carboxylic acids is 4. The van der Waals surface area contributed by atoms with E-state index in [9.17, 15) is 24.3 Å². The monoisotopic (exact) mass is 587 g/mol. The van der Waals surface area contributed by atoms with Crippen LogP contribution in [-0.2, 0) is 32.0 Å². The van der Waals surface area contributed by atoms with Crippen molar-refractivity contribution in [1.29, 1.82) is 0 Å². The molecule has 2 aromatic rings. The number of primary amides is 1. The van der Waals surface area contributed by atoms with Crippen LogP contribution in [0.3, 0.4) is 0 Å². The fourth-order valence-corrected chi connectivity index (χ4v) is 6.56. The van der Waals surface area contributed by atoms with E-state index in [1.807, 2.05) is 44.2 Å². The van der Waals surface area contributed by atoms with Crippen molar-refractivity contribution in [3.05, 3.63) is 65.7 Å². The van der Waals surface area contributed by atoms with Gasteiger partial charge in [-0.2, -0.15) is 23.5 Å². The van der Waals surface area contributed by atoms with Crippen molar-refractivity contribution in [3.8, 4) is 5.75 Å². The van der Waals surface area contributed by atoms with Crippen LogP contribution in [0.1, 0.15) is 25.0 Å². The Morgan fingerprint density at radius 1 is 1.02 bits per heavy atom. The van der Waals surface area contributed by atoms with Gasteiger partial charge in [0.05, 0.1) is 6.04 Å². The molecule has 4 atom stereocenters. The number of thioether (sulfide) groups is 2. The van der Waals surface area contributed by atoms with Crippen LogP contribution in [0.5, 0.6) is 5.75 Å². The fraction of sp³-hybridized carbons (Fsp3) is 0.429. The highest BCUT2D eigenvalue weighted by Gasteiger charge is 2.38. The standard InChI is InChI=1S/C28H37N5O5S2/c1-28(2)23(24(30)35)33-26(37)21(15-17-6-4-3-5-7-17)31-27(38)22(16-39-12-13-40-28)32-25(36)20(29)14-18-8-10-19(34)11-9-18/h3-11,20-23,34H,12-16,29H2,1-2H3,(H2,30,35)(H,31,38)(H,32,36)(H,33,37)/t20-,21-,22+,23+/m0/s1. The number of hydrogen-bond acceptors (Lipinski definition) is 8. The summed E-state index contributed by atoms with van der Waals surface area (Å²) in [5, 5.41) is 17.8. The van der Waals surface area contributed by atoms with Crippen molar-refractivity contribution in [2.24, 2.45) is 11.5 Å². The summed E-state index contributed by atoms with van der Waals surface area (Å²) in [4.78, 5) is 52.3. The minimum absolute atomic E-state index is 0.109. The van der Waals surface area contributed by atoms with E-state index in [0.717, 1.165) is 11.1 Å². The Bertz CT molecular complexity index is 1180. The number of hydrogen-bond donors (Lipinski definition) is 6. The number of aromatic hydroxyl groups is 1. The molecule has 0 spiro atoms. The van der Waals surface area contributed by atoms with Crippen molar-refractivity contribution in [1.82, 2.24) is 16.0 Å². The van der Waals surface area contributed by atoms with Gasteiger partial charge in [0, 0.05) is 28.4 Å². The number of phenolic OH excluding ortho intramolecular Hbond substituents is 1. The number of rotatable bonds is 7. The highest BCUT2D eigenvalue weighted by molar-refractivity contribution is 8.03. The highest BCUT2D eigenvalue weighted by atomic mass is 32.2. The van der Waals surface area contributed by atoms with E-state index in [1.54, 1.807) is 12.1 Å². The summed E-state index contributed by atoms with van der Waals surface area (Å²) >= 11 is 2.98. The first-order chi connectivity index (χ1) is 19.0. The molecule has 0 aliphatic carbocycles. The summed E-state index contributed by atoms with van der Waals surface area (Å²) in [6.07, 6.45) is 0.387. The van der Waals surface area contributed by atoms with Crippen LogP contribution in [-0.4, -0.2) is 74.9 Å². The first-order valence-electron chi connectivity index (χ1n) is 13.0. The Kier molecular flexibility index (Phi) is 11.3. The minimum atomic E-state index is -1.02. The topological polar surface area (TPSA) is 177 Å². The van der Waals surface area contributed by atoms with Crippen molar-refractivity contribution >= 4 is 47.2 Å². The van der Waals surface area contributed by atoms with Gasteiger partial charge in [-0.1, -0.05) is 42.5 Å². The number of carbonyl (C=O) groups is 4. The average Bonchev–Trinajstić information content (AvgIpc) is 2.91. The van der Waals surface area contributed by atoms with Crippen molar-refractivity contribution in [3.63, 3.8) is 0 Å². The molecule has 1 aliphatic rings. The van der Waals surface area contributed by atoms with Gasteiger partial charge in [-0.3, -0.25) is 19.2 Å². The van der Waals surface area contributed by atoms with Crippen LogP contribution in [0.4, 0.5) is 0 Å². The zero-order valence-electron chi connectivity index (χ0n) is 22.6. The van der Waals surface area contributed by atoms with Crippen LogP contribution in [0.25, 0.3) is 0 Å². The molecular weight excluding hydrogens is 550 g/mol. The molecule has 3 rings (SSSR count). The third-order valence-electron chi connectivity index (χ3n) is 6.53. The van der Waals surface area contributed by atoms with Gasteiger partial charge in [-0.15, -0.1) is 0 Å². The Balaban J connectivity index is 1.81. The SMILES string of the molecule is CC1(C)SCCSC[C@@H](NC(=O)[C@@H](N)Cc2ccc(O)cc2)C(=O)N[C@@H](Cc2ccccc2)C(=O)N[C@@H]1C(N)=O. The van der Waals surface area contributed by atoms with Gasteiger partial charge in [0.1, 0.15) is 23.9 Å². The van der Waals surface area contributed by atoms with Gasteiger partial charge in [0.15, 0.2) is 0 Å². The zero-order valence-corrected chi connectivity index (χ0v) is 24.2. The Morgan fingerprint density at radius 3 is 2.35 bits per heavy atom. The lowest BCUT2D eigenvalue weighted by atomic mass is 10.00. The molecule has 1 fully saturated rings. The van der Waals surface area contributed by atoms with Crippen LogP contribution in [0, 0.1) is 0 Å². The smallest absolute Gasteiger partial charge is 0.244 e. The number of nitrogens with one attached hydrogen (secondary N) is 3. The molecule has 0 saturated carbocycles. The summed E-state index contributed by atoms with van der Waals surface area (Å²) in [6, 6.07) is 11.7. The number of benzene rings is 2. The quantitative estimate of drug-likeness (QED) is 0.274. The molecule has 1 heterocycles. The summed E-state index contributed by atoms with van der Waals surface area (Å²) < 4.78 is -0.688. The fourth-order valence-electron chi connectivity index (χ4n) is 4.25. The van der Waals surface area contributed by atoms with Gasteiger partial charge in [-0.25, -0.2) is 0 Å².